The average molecular weight is 352 g/mol. The largest absolute Gasteiger partial charge is 0.392 e. The second-order valence-electron chi connectivity index (χ2n) is 7.52. The van der Waals surface area contributed by atoms with Crippen LogP contribution in [0.4, 0.5) is 0 Å². The van der Waals surface area contributed by atoms with E-state index in [1.54, 1.807) is 0 Å². The first-order chi connectivity index (χ1) is 12.4. The molecule has 1 N–H and O–H groups in total. The molecule has 0 amide bonds. The summed E-state index contributed by atoms with van der Waals surface area (Å²) in [7, 11) is 0. The molecule has 1 heterocycles. The van der Waals surface area contributed by atoms with Crippen molar-refractivity contribution in [2.75, 3.05) is 32.8 Å². The monoisotopic (exact) mass is 351 g/mol. The molecule has 0 unspecified atom stereocenters. The second-order valence-corrected chi connectivity index (χ2v) is 7.52. The SMILES string of the molecule is CCCCCCCCCCCCCCC=CC[N+]1=CN(CCO)CC1. The molecule has 0 spiro atoms. The van der Waals surface area contributed by atoms with Crippen molar-refractivity contribution in [3.63, 3.8) is 0 Å². The predicted octanol–water partition coefficient (Wildman–Crippen LogP) is 4.98. The summed E-state index contributed by atoms with van der Waals surface area (Å²) in [6.07, 6.45) is 25.1. The van der Waals surface area contributed by atoms with Crippen LogP contribution in [-0.2, 0) is 0 Å². The molecule has 0 bridgehead atoms. The number of aliphatic hydroxyl groups excluding tert-OH is 1. The number of nitrogens with zero attached hydrogens (tertiary/aromatic N) is 2. The molecule has 0 aromatic carbocycles. The van der Waals surface area contributed by atoms with E-state index in [-0.39, 0.29) is 6.61 Å². The molecule has 146 valence electrons. The van der Waals surface area contributed by atoms with Crippen LogP contribution in [0.15, 0.2) is 12.2 Å². The summed E-state index contributed by atoms with van der Waals surface area (Å²) >= 11 is 0. The van der Waals surface area contributed by atoms with Crippen LogP contribution < -0.4 is 0 Å². The Morgan fingerprint density at radius 1 is 0.880 bits per heavy atom. The lowest BCUT2D eigenvalue weighted by Crippen LogP contribution is -2.23. The van der Waals surface area contributed by atoms with Gasteiger partial charge in [0.25, 0.3) is 0 Å². The van der Waals surface area contributed by atoms with Gasteiger partial charge in [0.2, 0.25) is 6.34 Å². The van der Waals surface area contributed by atoms with Gasteiger partial charge >= 0.3 is 0 Å². The number of β-amino-alcohol motifs (C(OH)–C–C–N with tert-alkyl or cyclic N) is 1. The topological polar surface area (TPSA) is 26.5 Å². The van der Waals surface area contributed by atoms with Gasteiger partial charge in [0, 0.05) is 0 Å². The van der Waals surface area contributed by atoms with Crippen LogP contribution in [0, 0.1) is 0 Å². The van der Waals surface area contributed by atoms with E-state index in [1.165, 1.54) is 83.5 Å². The van der Waals surface area contributed by atoms with E-state index in [4.69, 9.17) is 5.11 Å². The van der Waals surface area contributed by atoms with Crippen LogP contribution in [0.3, 0.4) is 0 Å². The summed E-state index contributed by atoms with van der Waals surface area (Å²) in [6, 6.07) is 0. The minimum absolute atomic E-state index is 0.249. The van der Waals surface area contributed by atoms with Crippen LogP contribution in [0.1, 0.15) is 90.4 Å². The van der Waals surface area contributed by atoms with E-state index < -0.39 is 0 Å². The highest BCUT2D eigenvalue weighted by Gasteiger charge is 2.16. The smallest absolute Gasteiger partial charge is 0.234 e. The van der Waals surface area contributed by atoms with Crippen molar-refractivity contribution in [2.24, 2.45) is 0 Å². The molecular formula is C22H43N2O+. The third-order valence-corrected chi connectivity index (χ3v) is 5.12. The quantitative estimate of drug-likeness (QED) is 0.227. The van der Waals surface area contributed by atoms with E-state index in [9.17, 15) is 0 Å². The fraction of sp³-hybridized carbons (Fsp3) is 0.864. The molecule has 1 aliphatic rings. The van der Waals surface area contributed by atoms with Crippen molar-refractivity contribution >= 4 is 6.34 Å². The minimum Gasteiger partial charge on any atom is -0.392 e. The van der Waals surface area contributed by atoms with Gasteiger partial charge < -0.3 is 5.11 Å². The molecule has 25 heavy (non-hydrogen) atoms. The first-order valence-corrected chi connectivity index (χ1v) is 11.0. The zero-order valence-corrected chi connectivity index (χ0v) is 16.8. The Morgan fingerprint density at radius 2 is 1.48 bits per heavy atom. The highest BCUT2D eigenvalue weighted by Crippen LogP contribution is 2.12. The molecule has 1 rings (SSSR count). The molecule has 0 radical (unpaired) electrons. The minimum atomic E-state index is 0.249. The van der Waals surface area contributed by atoms with Crippen LogP contribution >= 0.6 is 0 Å². The number of unbranched alkanes of at least 4 members (excludes halogenated alkanes) is 12. The average Bonchev–Trinajstić information content (AvgIpc) is 3.06. The zero-order chi connectivity index (χ0) is 18.0. The van der Waals surface area contributed by atoms with Gasteiger partial charge in [-0.25, -0.2) is 0 Å². The highest BCUT2D eigenvalue weighted by atomic mass is 16.3. The van der Waals surface area contributed by atoms with Crippen molar-refractivity contribution < 1.29 is 9.68 Å². The molecule has 0 atom stereocenters. The lowest BCUT2D eigenvalue weighted by Gasteiger charge is -2.02. The van der Waals surface area contributed by atoms with Crippen molar-refractivity contribution in [3.05, 3.63) is 12.2 Å². The molecule has 0 aromatic heterocycles. The molecule has 0 saturated carbocycles. The third-order valence-electron chi connectivity index (χ3n) is 5.12. The fourth-order valence-corrected chi connectivity index (χ4v) is 3.47. The normalized spacial score (nSPS) is 14.6. The summed E-state index contributed by atoms with van der Waals surface area (Å²) in [6.45, 7) is 6.45. The first kappa shape index (κ1) is 22.2. The van der Waals surface area contributed by atoms with Crippen molar-refractivity contribution in [3.8, 4) is 0 Å². The van der Waals surface area contributed by atoms with Gasteiger partial charge in [0.05, 0.1) is 6.61 Å². The number of aliphatic hydroxyl groups is 1. The molecule has 0 fully saturated rings. The Kier molecular flexibility index (Phi) is 14.8. The summed E-state index contributed by atoms with van der Waals surface area (Å²) in [5.74, 6) is 0. The standard InChI is InChI=1S/C22H43N2O/c1-2-3-4-5-6-7-8-9-10-11-12-13-14-15-16-17-23-18-19-24(22-23)20-21-25/h15-16,22,25H,2-14,17-21H2,1H3/q+1. The molecule has 3 heteroatoms. The van der Waals surface area contributed by atoms with E-state index in [1.807, 2.05) is 0 Å². The summed E-state index contributed by atoms with van der Waals surface area (Å²) in [5, 5.41) is 8.94. The summed E-state index contributed by atoms with van der Waals surface area (Å²) in [4.78, 5) is 2.19. The maximum atomic E-state index is 8.94. The van der Waals surface area contributed by atoms with Gasteiger partial charge in [-0.05, 0) is 18.9 Å². The molecule has 3 nitrogen and oxygen atoms in total. The van der Waals surface area contributed by atoms with Gasteiger partial charge in [-0.3, -0.25) is 9.48 Å². The van der Waals surface area contributed by atoms with Crippen molar-refractivity contribution in [2.45, 2.75) is 90.4 Å². The molecular weight excluding hydrogens is 308 g/mol. The second kappa shape index (κ2) is 16.6. The summed E-state index contributed by atoms with van der Waals surface area (Å²) in [5.41, 5.74) is 0. The third kappa shape index (κ3) is 13.1. The Hall–Kier alpha value is -0.830. The number of allylic oxidation sites excluding steroid dienone is 1. The Labute approximate surface area is 156 Å². The van der Waals surface area contributed by atoms with E-state index in [0.717, 1.165) is 26.2 Å². The van der Waals surface area contributed by atoms with Gasteiger partial charge in [-0.2, -0.15) is 0 Å². The first-order valence-electron chi connectivity index (χ1n) is 11.0. The zero-order valence-electron chi connectivity index (χ0n) is 16.8. The predicted molar refractivity (Wildman–Crippen MR) is 110 cm³/mol. The van der Waals surface area contributed by atoms with Crippen LogP contribution in [0.2, 0.25) is 0 Å². The van der Waals surface area contributed by atoms with Gasteiger partial charge in [-0.1, -0.05) is 83.6 Å². The van der Waals surface area contributed by atoms with E-state index in [0.29, 0.717) is 0 Å². The lowest BCUT2D eigenvalue weighted by atomic mass is 10.0. The van der Waals surface area contributed by atoms with Gasteiger partial charge in [-0.15, -0.1) is 0 Å². The van der Waals surface area contributed by atoms with Crippen LogP contribution in [0.25, 0.3) is 0 Å². The van der Waals surface area contributed by atoms with Crippen LogP contribution in [0.5, 0.6) is 0 Å². The lowest BCUT2D eigenvalue weighted by molar-refractivity contribution is -0.503. The van der Waals surface area contributed by atoms with E-state index >= 15 is 0 Å². The van der Waals surface area contributed by atoms with Crippen LogP contribution in [-0.4, -0.2) is 53.7 Å². The molecule has 0 aliphatic carbocycles. The van der Waals surface area contributed by atoms with Crippen molar-refractivity contribution in [1.82, 2.24) is 4.90 Å². The Morgan fingerprint density at radius 3 is 2.08 bits per heavy atom. The summed E-state index contributed by atoms with van der Waals surface area (Å²) < 4.78 is 2.33. The van der Waals surface area contributed by atoms with Gasteiger partial charge in [0.15, 0.2) is 0 Å². The van der Waals surface area contributed by atoms with Crippen molar-refractivity contribution in [1.29, 1.82) is 0 Å². The molecule has 0 aromatic rings. The maximum Gasteiger partial charge on any atom is 0.234 e. The number of hydrogen-bond donors (Lipinski definition) is 1. The highest BCUT2D eigenvalue weighted by molar-refractivity contribution is 5.50. The Balaban J connectivity index is 1.81. The fourth-order valence-electron chi connectivity index (χ4n) is 3.47. The molecule has 0 saturated heterocycles. The van der Waals surface area contributed by atoms with E-state index in [2.05, 4.69) is 34.9 Å². The number of hydrogen-bond acceptors (Lipinski definition) is 2. The maximum absolute atomic E-state index is 8.94. The number of rotatable bonds is 17. The Bertz CT molecular complexity index is 352. The molecule has 1 aliphatic heterocycles. The van der Waals surface area contributed by atoms with Gasteiger partial charge in [0.1, 0.15) is 26.2 Å².